The molecule has 1 aromatic rings. The van der Waals surface area contributed by atoms with E-state index in [9.17, 15) is 8.78 Å². The fourth-order valence-corrected chi connectivity index (χ4v) is 2.87. The Morgan fingerprint density at radius 3 is 2.67 bits per heavy atom. The standard InChI is InChI=1S/C13H21F2N3/c1-8(2)10-11(17-18(3)12(10)16)9-5-4-6-13(14,15)7-9/h8-9H,4-7,16H2,1-3H3. The molecule has 1 saturated carbocycles. The lowest BCUT2D eigenvalue weighted by Crippen LogP contribution is -2.25. The Hall–Kier alpha value is -1.13. The Balaban J connectivity index is 2.36. The number of hydrogen-bond acceptors (Lipinski definition) is 2. The zero-order valence-corrected chi connectivity index (χ0v) is 11.2. The van der Waals surface area contributed by atoms with Crippen molar-refractivity contribution in [2.24, 2.45) is 7.05 Å². The van der Waals surface area contributed by atoms with E-state index < -0.39 is 5.92 Å². The molecule has 1 unspecified atom stereocenters. The molecule has 1 aliphatic carbocycles. The summed E-state index contributed by atoms with van der Waals surface area (Å²) in [6, 6.07) is 0. The van der Waals surface area contributed by atoms with Gasteiger partial charge < -0.3 is 5.73 Å². The maximum atomic E-state index is 13.5. The summed E-state index contributed by atoms with van der Waals surface area (Å²) in [5, 5.41) is 4.38. The molecule has 3 nitrogen and oxygen atoms in total. The number of rotatable bonds is 2. The average molecular weight is 257 g/mol. The largest absolute Gasteiger partial charge is 0.384 e. The molecule has 2 N–H and O–H groups in total. The van der Waals surface area contributed by atoms with Gasteiger partial charge in [0.1, 0.15) is 5.82 Å². The second kappa shape index (κ2) is 4.52. The fraction of sp³-hybridized carbons (Fsp3) is 0.769. The van der Waals surface area contributed by atoms with E-state index in [1.165, 1.54) is 0 Å². The molecule has 0 radical (unpaired) electrons. The van der Waals surface area contributed by atoms with E-state index >= 15 is 0 Å². The van der Waals surface area contributed by atoms with Gasteiger partial charge in [0, 0.05) is 31.4 Å². The Morgan fingerprint density at radius 2 is 2.11 bits per heavy atom. The Morgan fingerprint density at radius 1 is 1.44 bits per heavy atom. The molecule has 0 spiro atoms. The predicted octanol–water partition coefficient (Wildman–Crippen LogP) is 3.42. The molecule has 2 rings (SSSR count). The second-order valence-corrected chi connectivity index (χ2v) is 5.61. The van der Waals surface area contributed by atoms with Crippen molar-refractivity contribution in [1.29, 1.82) is 0 Å². The first kappa shape index (κ1) is 13.3. The SMILES string of the molecule is CC(C)c1c(C2CCCC(F)(F)C2)nn(C)c1N. The first-order valence-electron chi connectivity index (χ1n) is 6.52. The van der Waals surface area contributed by atoms with E-state index in [0.29, 0.717) is 12.2 Å². The van der Waals surface area contributed by atoms with Gasteiger partial charge in [-0.15, -0.1) is 0 Å². The summed E-state index contributed by atoms with van der Waals surface area (Å²) in [4.78, 5) is 0. The maximum Gasteiger partial charge on any atom is 0.248 e. The third kappa shape index (κ3) is 2.35. The van der Waals surface area contributed by atoms with Crippen molar-refractivity contribution < 1.29 is 8.78 Å². The van der Waals surface area contributed by atoms with E-state index in [-0.39, 0.29) is 24.7 Å². The quantitative estimate of drug-likeness (QED) is 0.882. The van der Waals surface area contributed by atoms with Crippen molar-refractivity contribution in [3.8, 4) is 0 Å². The van der Waals surface area contributed by atoms with Crippen LogP contribution >= 0.6 is 0 Å². The summed E-state index contributed by atoms with van der Waals surface area (Å²) in [6.07, 6.45) is 1.25. The Labute approximate surface area is 106 Å². The van der Waals surface area contributed by atoms with Crippen LogP contribution in [0.15, 0.2) is 0 Å². The van der Waals surface area contributed by atoms with Crippen LogP contribution in [0, 0.1) is 0 Å². The summed E-state index contributed by atoms with van der Waals surface area (Å²) >= 11 is 0. The van der Waals surface area contributed by atoms with Gasteiger partial charge in [-0.05, 0) is 18.8 Å². The highest BCUT2D eigenvalue weighted by molar-refractivity contribution is 5.47. The van der Waals surface area contributed by atoms with Crippen LogP contribution in [0.3, 0.4) is 0 Å². The number of alkyl halides is 2. The van der Waals surface area contributed by atoms with Crippen LogP contribution in [-0.4, -0.2) is 15.7 Å². The highest BCUT2D eigenvalue weighted by Crippen LogP contribution is 2.44. The fourth-order valence-electron chi connectivity index (χ4n) is 2.87. The van der Waals surface area contributed by atoms with E-state index in [1.54, 1.807) is 11.7 Å². The monoisotopic (exact) mass is 257 g/mol. The third-order valence-corrected chi connectivity index (χ3v) is 3.76. The summed E-state index contributed by atoms with van der Waals surface area (Å²) in [5.74, 6) is -1.89. The van der Waals surface area contributed by atoms with Crippen LogP contribution in [-0.2, 0) is 7.05 Å². The van der Waals surface area contributed by atoms with Gasteiger partial charge in [0.05, 0.1) is 5.69 Å². The van der Waals surface area contributed by atoms with E-state index in [1.807, 2.05) is 13.8 Å². The zero-order chi connectivity index (χ0) is 13.5. The first-order valence-corrected chi connectivity index (χ1v) is 6.52. The molecule has 0 aliphatic heterocycles. The summed E-state index contributed by atoms with van der Waals surface area (Å²) in [7, 11) is 1.77. The molecule has 1 aromatic heterocycles. The van der Waals surface area contributed by atoms with E-state index in [4.69, 9.17) is 5.73 Å². The van der Waals surface area contributed by atoms with Crippen molar-refractivity contribution in [2.75, 3.05) is 5.73 Å². The molecule has 1 heterocycles. The number of anilines is 1. The van der Waals surface area contributed by atoms with Crippen molar-refractivity contribution in [3.05, 3.63) is 11.3 Å². The Bertz CT molecular complexity index is 438. The van der Waals surface area contributed by atoms with Gasteiger partial charge >= 0.3 is 0 Å². The van der Waals surface area contributed by atoms with Gasteiger partial charge in [0.2, 0.25) is 5.92 Å². The van der Waals surface area contributed by atoms with Crippen LogP contribution < -0.4 is 5.73 Å². The smallest absolute Gasteiger partial charge is 0.248 e. The lowest BCUT2D eigenvalue weighted by atomic mass is 9.82. The topological polar surface area (TPSA) is 43.8 Å². The highest BCUT2D eigenvalue weighted by atomic mass is 19.3. The average Bonchev–Trinajstić information content (AvgIpc) is 2.54. The molecule has 1 aliphatic rings. The maximum absolute atomic E-state index is 13.5. The minimum Gasteiger partial charge on any atom is -0.384 e. The molecule has 102 valence electrons. The van der Waals surface area contributed by atoms with Crippen LogP contribution in [0.5, 0.6) is 0 Å². The van der Waals surface area contributed by atoms with Crippen LogP contribution in [0.4, 0.5) is 14.6 Å². The van der Waals surface area contributed by atoms with E-state index in [0.717, 1.165) is 17.7 Å². The van der Waals surface area contributed by atoms with Crippen LogP contribution in [0.2, 0.25) is 0 Å². The molecule has 1 fully saturated rings. The predicted molar refractivity (Wildman–Crippen MR) is 67.9 cm³/mol. The lowest BCUT2D eigenvalue weighted by molar-refractivity contribution is -0.0413. The normalized spacial score (nSPS) is 23.6. The third-order valence-electron chi connectivity index (χ3n) is 3.76. The van der Waals surface area contributed by atoms with Crippen molar-refractivity contribution in [3.63, 3.8) is 0 Å². The number of halogens is 2. The number of aryl methyl sites for hydroxylation is 1. The summed E-state index contributed by atoms with van der Waals surface area (Å²) in [6.45, 7) is 4.05. The van der Waals surface area contributed by atoms with Gasteiger partial charge in [-0.2, -0.15) is 5.10 Å². The molecular formula is C13H21F2N3. The van der Waals surface area contributed by atoms with Gasteiger partial charge in [-0.25, -0.2) is 8.78 Å². The molecule has 0 saturated heterocycles. The lowest BCUT2D eigenvalue weighted by Gasteiger charge is -2.28. The number of nitrogen functional groups attached to an aromatic ring is 1. The second-order valence-electron chi connectivity index (χ2n) is 5.61. The zero-order valence-electron chi connectivity index (χ0n) is 11.2. The van der Waals surface area contributed by atoms with Gasteiger partial charge in [0.15, 0.2) is 0 Å². The van der Waals surface area contributed by atoms with Crippen LogP contribution in [0.25, 0.3) is 0 Å². The molecular weight excluding hydrogens is 236 g/mol. The van der Waals surface area contributed by atoms with Gasteiger partial charge in [0.25, 0.3) is 0 Å². The first-order chi connectivity index (χ1) is 8.32. The van der Waals surface area contributed by atoms with Crippen molar-refractivity contribution in [2.45, 2.75) is 57.3 Å². The molecule has 1 atom stereocenters. The van der Waals surface area contributed by atoms with Crippen LogP contribution in [0.1, 0.15) is 62.6 Å². The molecule has 18 heavy (non-hydrogen) atoms. The van der Waals surface area contributed by atoms with Crippen molar-refractivity contribution >= 4 is 5.82 Å². The molecule has 0 aromatic carbocycles. The minimum atomic E-state index is -2.55. The molecule has 0 bridgehead atoms. The summed E-state index contributed by atoms with van der Waals surface area (Å²) in [5.41, 5.74) is 7.72. The highest BCUT2D eigenvalue weighted by Gasteiger charge is 2.39. The van der Waals surface area contributed by atoms with Gasteiger partial charge in [-0.3, -0.25) is 4.68 Å². The Kier molecular flexibility index (Phi) is 3.34. The molecule has 5 heteroatoms. The number of nitrogens with two attached hydrogens (primary N) is 1. The summed E-state index contributed by atoms with van der Waals surface area (Å²) < 4.78 is 28.6. The number of aromatic nitrogens is 2. The van der Waals surface area contributed by atoms with Crippen molar-refractivity contribution in [1.82, 2.24) is 9.78 Å². The minimum absolute atomic E-state index is 0.00281. The number of nitrogens with zero attached hydrogens (tertiary/aromatic N) is 2. The molecule has 0 amide bonds. The van der Waals surface area contributed by atoms with E-state index in [2.05, 4.69) is 5.10 Å². The number of hydrogen-bond donors (Lipinski definition) is 1. The van der Waals surface area contributed by atoms with Gasteiger partial charge in [-0.1, -0.05) is 13.8 Å².